The van der Waals surface area contributed by atoms with Crippen LogP contribution in [0.15, 0.2) is 33.5 Å². The molecular weight excluding hydrogens is 251 g/mol. The van der Waals surface area contributed by atoms with Gasteiger partial charge in [-0.2, -0.15) is 8.42 Å². The Morgan fingerprint density at radius 1 is 1.29 bits per heavy atom. The molecule has 90 valence electrons. The Bertz CT molecular complexity index is 732. The van der Waals surface area contributed by atoms with Gasteiger partial charge in [0.25, 0.3) is 0 Å². The summed E-state index contributed by atoms with van der Waals surface area (Å²) in [5.74, 6) is -0.844. The lowest BCUT2D eigenvalue weighted by Crippen LogP contribution is -2.08. The van der Waals surface area contributed by atoms with Gasteiger partial charge in [0.1, 0.15) is 11.4 Å². The van der Waals surface area contributed by atoms with E-state index in [0.29, 0.717) is 0 Å². The van der Waals surface area contributed by atoms with Gasteiger partial charge in [0.2, 0.25) is 0 Å². The van der Waals surface area contributed by atoms with E-state index < -0.39 is 21.6 Å². The molecule has 2 aromatic rings. The molecule has 0 radical (unpaired) electrons. The fourth-order valence-corrected chi connectivity index (χ4v) is 1.80. The second-order valence-electron chi connectivity index (χ2n) is 3.36. The predicted octanol–water partition coefficient (Wildman–Crippen LogP) is 1.27. The van der Waals surface area contributed by atoms with Gasteiger partial charge in [-0.3, -0.25) is 0 Å². The van der Waals surface area contributed by atoms with Crippen molar-refractivity contribution < 1.29 is 21.4 Å². The van der Waals surface area contributed by atoms with Crippen LogP contribution < -0.4 is 9.81 Å². The average Bonchev–Trinajstić information content (AvgIpc) is 2.16. The summed E-state index contributed by atoms with van der Waals surface area (Å²) in [6, 6.07) is 4.19. The smallest absolute Gasteiger partial charge is 0.340 e. The van der Waals surface area contributed by atoms with Gasteiger partial charge in [0.05, 0.1) is 17.7 Å². The molecule has 0 saturated carbocycles. The van der Waals surface area contributed by atoms with Crippen LogP contribution in [0.25, 0.3) is 11.0 Å². The Kier molecular flexibility index (Phi) is 2.62. The highest BCUT2D eigenvalue weighted by Crippen LogP contribution is 2.25. The summed E-state index contributed by atoms with van der Waals surface area (Å²) in [4.78, 5) is 11.1. The molecule has 0 saturated heterocycles. The topological polar surface area (TPSA) is 73.6 Å². The normalized spacial score (nSPS) is 11.6. The quantitative estimate of drug-likeness (QED) is 0.599. The van der Waals surface area contributed by atoms with Crippen LogP contribution in [-0.2, 0) is 10.1 Å². The second kappa shape index (κ2) is 3.85. The highest BCUT2D eigenvalue weighted by molar-refractivity contribution is 7.86. The zero-order valence-electron chi connectivity index (χ0n) is 8.64. The van der Waals surface area contributed by atoms with Gasteiger partial charge >= 0.3 is 15.7 Å². The maximum Gasteiger partial charge on any atom is 0.340 e. The van der Waals surface area contributed by atoms with Crippen LogP contribution in [0.4, 0.5) is 4.39 Å². The molecule has 0 N–H and O–H groups in total. The van der Waals surface area contributed by atoms with Crippen molar-refractivity contribution in [1.29, 1.82) is 0 Å². The molecule has 0 aliphatic rings. The van der Waals surface area contributed by atoms with Crippen LogP contribution in [-0.4, -0.2) is 14.7 Å². The SMILES string of the molecule is CS(=O)(=O)Oc1cc(=O)oc2ccc(F)cc12. The molecule has 17 heavy (non-hydrogen) atoms. The zero-order chi connectivity index (χ0) is 12.6. The van der Waals surface area contributed by atoms with Crippen molar-refractivity contribution >= 4 is 21.1 Å². The molecule has 2 rings (SSSR count). The Labute approximate surface area is 95.6 Å². The first-order chi connectivity index (χ1) is 7.85. The molecule has 7 heteroatoms. The Morgan fingerprint density at radius 3 is 2.65 bits per heavy atom. The zero-order valence-corrected chi connectivity index (χ0v) is 9.45. The van der Waals surface area contributed by atoms with Crippen molar-refractivity contribution in [2.24, 2.45) is 0 Å². The number of benzene rings is 1. The number of hydrogen-bond donors (Lipinski definition) is 0. The predicted molar refractivity (Wildman–Crippen MR) is 57.9 cm³/mol. The van der Waals surface area contributed by atoms with Crippen molar-refractivity contribution in [3.63, 3.8) is 0 Å². The number of hydrogen-bond acceptors (Lipinski definition) is 5. The van der Waals surface area contributed by atoms with Crippen LogP contribution in [0.2, 0.25) is 0 Å². The lowest BCUT2D eigenvalue weighted by atomic mass is 10.2. The summed E-state index contributed by atoms with van der Waals surface area (Å²) in [6.45, 7) is 0. The number of fused-ring (bicyclic) bond motifs is 1. The maximum absolute atomic E-state index is 13.0. The minimum Gasteiger partial charge on any atom is -0.422 e. The number of rotatable bonds is 2. The summed E-state index contributed by atoms with van der Waals surface area (Å²) < 4.78 is 44.4. The summed E-state index contributed by atoms with van der Waals surface area (Å²) in [5, 5.41) is 0.0787. The van der Waals surface area contributed by atoms with Crippen molar-refractivity contribution in [3.05, 3.63) is 40.5 Å². The molecule has 0 bridgehead atoms. The van der Waals surface area contributed by atoms with Gasteiger partial charge in [-0.1, -0.05) is 0 Å². The van der Waals surface area contributed by atoms with E-state index >= 15 is 0 Å². The summed E-state index contributed by atoms with van der Waals surface area (Å²) in [5.41, 5.74) is -0.722. The van der Waals surface area contributed by atoms with Gasteiger partial charge in [-0.25, -0.2) is 9.18 Å². The van der Waals surface area contributed by atoms with Crippen molar-refractivity contribution in [1.82, 2.24) is 0 Å². The van der Waals surface area contributed by atoms with Crippen LogP contribution in [0.3, 0.4) is 0 Å². The first-order valence-corrected chi connectivity index (χ1v) is 6.30. The molecule has 0 atom stereocenters. The lowest BCUT2D eigenvalue weighted by Gasteiger charge is -2.05. The molecule has 1 aromatic carbocycles. The van der Waals surface area contributed by atoms with Gasteiger partial charge in [0.15, 0.2) is 5.75 Å². The van der Waals surface area contributed by atoms with E-state index in [9.17, 15) is 17.6 Å². The molecule has 0 fully saturated rings. The third-order valence-electron chi connectivity index (χ3n) is 1.91. The maximum atomic E-state index is 13.0. The second-order valence-corrected chi connectivity index (χ2v) is 4.93. The van der Waals surface area contributed by atoms with Gasteiger partial charge in [0, 0.05) is 0 Å². The Hall–Kier alpha value is -1.89. The highest BCUT2D eigenvalue weighted by Gasteiger charge is 2.12. The molecular formula is C10H7FO5S. The minimum absolute atomic E-state index is 0.0533. The van der Waals surface area contributed by atoms with Gasteiger partial charge in [-0.05, 0) is 18.2 Å². The molecule has 0 aliphatic carbocycles. The van der Waals surface area contributed by atoms with Crippen LogP contribution in [0, 0.1) is 5.82 Å². The standard InChI is InChI=1S/C10H7FO5S/c1-17(13,14)16-9-5-10(12)15-8-3-2-6(11)4-7(8)9/h2-5H,1H3. The van der Waals surface area contributed by atoms with E-state index in [4.69, 9.17) is 4.42 Å². The molecule has 1 aromatic heterocycles. The monoisotopic (exact) mass is 258 g/mol. The van der Waals surface area contributed by atoms with E-state index in [2.05, 4.69) is 4.18 Å². The van der Waals surface area contributed by atoms with Crippen LogP contribution >= 0.6 is 0 Å². The van der Waals surface area contributed by atoms with E-state index in [1.807, 2.05) is 0 Å². The molecule has 5 nitrogen and oxygen atoms in total. The minimum atomic E-state index is -3.80. The summed E-state index contributed by atoms with van der Waals surface area (Å²) in [7, 11) is -3.80. The van der Waals surface area contributed by atoms with E-state index in [1.54, 1.807) is 0 Å². The van der Waals surface area contributed by atoms with Crippen LogP contribution in [0.1, 0.15) is 0 Å². The molecule has 1 heterocycles. The molecule has 0 aliphatic heterocycles. The van der Waals surface area contributed by atoms with Crippen molar-refractivity contribution in [2.75, 3.05) is 6.26 Å². The Balaban J connectivity index is 2.76. The van der Waals surface area contributed by atoms with Crippen LogP contribution in [0.5, 0.6) is 5.75 Å². The molecule has 0 unspecified atom stereocenters. The first-order valence-electron chi connectivity index (χ1n) is 4.48. The summed E-state index contributed by atoms with van der Waals surface area (Å²) in [6.07, 6.45) is 0.826. The van der Waals surface area contributed by atoms with Crippen molar-refractivity contribution in [2.45, 2.75) is 0 Å². The van der Waals surface area contributed by atoms with E-state index in [-0.39, 0.29) is 16.7 Å². The highest BCUT2D eigenvalue weighted by atomic mass is 32.2. The van der Waals surface area contributed by atoms with E-state index in [0.717, 1.165) is 24.5 Å². The first kappa shape index (κ1) is 11.6. The van der Waals surface area contributed by atoms with Crippen molar-refractivity contribution in [3.8, 4) is 5.75 Å². The Morgan fingerprint density at radius 2 is 2.00 bits per heavy atom. The van der Waals surface area contributed by atoms with Gasteiger partial charge in [-0.15, -0.1) is 0 Å². The average molecular weight is 258 g/mol. The molecule has 0 spiro atoms. The fraction of sp³-hybridized carbons (Fsp3) is 0.100. The lowest BCUT2D eigenvalue weighted by molar-refractivity contribution is 0.487. The summed E-state index contributed by atoms with van der Waals surface area (Å²) >= 11 is 0. The van der Waals surface area contributed by atoms with E-state index in [1.165, 1.54) is 6.07 Å². The number of halogens is 1. The molecule has 0 amide bonds. The third-order valence-corrected chi connectivity index (χ3v) is 2.39. The largest absolute Gasteiger partial charge is 0.422 e. The third kappa shape index (κ3) is 2.62. The van der Waals surface area contributed by atoms with Gasteiger partial charge < -0.3 is 8.60 Å². The fourth-order valence-electron chi connectivity index (χ4n) is 1.34.